The summed E-state index contributed by atoms with van der Waals surface area (Å²) in [6.45, 7) is 2.08. The molecule has 0 saturated heterocycles. The molecule has 0 fully saturated rings. The molecule has 0 atom stereocenters. The van der Waals surface area contributed by atoms with Gasteiger partial charge in [-0.1, -0.05) is 29.2 Å². The predicted octanol–water partition coefficient (Wildman–Crippen LogP) is 4.85. The summed E-state index contributed by atoms with van der Waals surface area (Å²) in [6.07, 6.45) is 0. The molecule has 0 unspecified atom stereocenters. The lowest BCUT2D eigenvalue weighted by Crippen LogP contribution is -2.13. The average Bonchev–Trinajstić information content (AvgIpc) is 3.29. The highest BCUT2D eigenvalue weighted by Crippen LogP contribution is 2.31. The van der Waals surface area contributed by atoms with Gasteiger partial charge in [0, 0.05) is 11.3 Å². The van der Waals surface area contributed by atoms with Crippen LogP contribution in [-0.4, -0.2) is 26.8 Å². The van der Waals surface area contributed by atoms with E-state index in [-0.39, 0.29) is 5.91 Å². The first-order valence-corrected chi connectivity index (χ1v) is 10.5. The van der Waals surface area contributed by atoms with E-state index < -0.39 is 0 Å². The number of aryl methyl sites for hydroxylation is 1. The minimum atomic E-state index is -0.0617. The van der Waals surface area contributed by atoms with Crippen LogP contribution in [0.2, 0.25) is 0 Å². The molecule has 2 aromatic carbocycles. The van der Waals surface area contributed by atoms with Crippen LogP contribution in [0.25, 0.3) is 20.8 Å². The Bertz CT molecular complexity index is 1040. The molecule has 4 rings (SSSR count). The van der Waals surface area contributed by atoms with Gasteiger partial charge in [0.2, 0.25) is 5.91 Å². The highest BCUT2D eigenvalue weighted by molar-refractivity contribution is 8.01. The van der Waals surface area contributed by atoms with Crippen molar-refractivity contribution in [2.45, 2.75) is 11.3 Å². The number of anilines is 1. The van der Waals surface area contributed by atoms with E-state index in [1.807, 2.05) is 24.3 Å². The Balaban J connectivity index is 1.43. The van der Waals surface area contributed by atoms with Crippen molar-refractivity contribution in [2.75, 3.05) is 11.1 Å². The fraction of sp³-hybridized carbons (Fsp3) is 0.111. The number of thiazole rings is 1. The molecule has 0 aliphatic carbocycles. The molecule has 0 radical (unpaired) electrons. The van der Waals surface area contributed by atoms with Crippen molar-refractivity contribution in [1.82, 2.24) is 15.2 Å². The number of nitrogens with one attached hydrogen (secondary N) is 1. The molecule has 0 saturated carbocycles. The number of fused-ring (bicyclic) bond motifs is 1. The molecule has 1 N–H and O–H groups in total. The van der Waals surface area contributed by atoms with E-state index in [0.717, 1.165) is 26.1 Å². The summed E-state index contributed by atoms with van der Waals surface area (Å²) >= 11 is 4.49. The SMILES string of the molecule is Cc1ccc2nc(-c3ccc(NC(=O)CSc4nncs4)cc3)sc2c1. The number of thioether (sulfide) groups is 1. The summed E-state index contributed by atoms with van der Waals surface area (Å²) in [5.41, 5.74) is 5.72. The number of amides is 1. The Labute approximate surface area is 162 Å². The van der Waals surface area contributed by atoms with Crippen molar-refractivity contribution in [3.63, 3.8) is 0 Å². The molecule has 5 nitrogen and oxygen atoms in total. The van der Waals surface area contributed by atoms with Crippen molar-refractivity contribution in [3.8, 4) is 10.6 Å². The zero-order valence-electron chi connectivity index (χ0n) is 13.8. The standard InChI is InChI=1S/C18H14N4OS3/c1-11-2-7-14-15(8-11)26-17(21-14)12-3-5-13(6-4-12)20-16(23)9-24-18-22-19-10-25-18/h2-8,10H,9H2,1H3,(H,20,23). The van der Waals surface area contributed by atoms with E-state index in [0.29, 0.717) is 5.75 Å². The summed E-state index contributed by atoms with van der Waals surface area (Å²) in [6, 6.07) is 14.1. The van der Waals surface area contributed by atoms with Gasteiger partial charge in [-0.2, -0.15) is 0 Å². The molecular formula is C18H14N4OS3. The van der Waals surface area contributed by atoms with Gasteiger partial charge in [-0.25, -0.2) is 4.98 Å². The maximum Gasteiger partial charge on any atom is 0.234 e. The number of rotatable bonds is 5. The van der Waals surface area contributed by atoms with Gasteiger partial charge in [0.15, 0.2) is 4.34 Å². The smallest absolute Gasteiger partial charge is 0.234 e. The third-order valence-electron chi connectivity index (χ3n) is 3.63. The van der Waals surface area contributed by atoms with Crippen molar-refractivity contribution < 1.29 is 4.79 Å². The fourth-order valence-electron chi connectivity index (χ4n) is 2.40. The summed E-state index contributed by atoms with van der Waals surface area (Å²) in [4.78, 5) is 16.7. The Morgan fingerprint density at radius 1 is 1.19 bits per heavy atom. The van der Waals surface area contributed by atoms with Gasteiger partial charge in [-0.05, 0) is 48.9 Å². The molecule has 0 bridgehead atoms. The maximum atomic E-state index is 12.0. The van der Waals surface area contributed by atoms with Crippen LogP contribution in [0, 0.1) is 6.92 Å². The van der Waals surface area contributed by atoms with Gasteiger partial charge in [0.05, 0.1) is 16.0 Å². The average molecular weight is 399 g/mol. The summed E-state index contributed by atoms with van der Waals surface area (Å²) in [7, 11) is 0. The first-order valence-electron chi connectivity index (χ1n) is 7.84. The molecule has 130 valence electrons. The van der Waals surface area contributed by atoms with Crippen LogP contribution in [0.5, 0.6) is 0 Å². The first kappa shape index (κ1) is 17.1. The molecule has 2 heterocycles. The maximum absolute atomic E-state index is 12.0. The second-order valence-corrected chi connectivity index (χ2v) is 8.70. The molecular weight excluding hydrogens is 384 g/mol. The number of aromatic nitrogens is 3. The number of carbonyl (C=O) groups is 1. The minimum Gasteiger partial charge on any atom is -0.325 e. The molecule has 4 aromatic rings. The van der Waals surface area contributed by atoms with Crippen molar-refractivity contribution >= 4 is 56.2 Å². The second-order valence-electron chi connectivity index (χ2n) is 5.61. The molecule has 26 heavy (non-hydrogen) atoms. The minimum absolute atomic E-state index is 0.0617. The van der Waals surface area contributed by atoms with Gasteiger partial charge < -0.3 is 5.32 Å². The van der Waals surface area contributed by atoms with Crippen molar-refractivity contribution in [1.29, 1.82) is 0 Å². The highest BCUT2D eigenvalue weighted by Gasteiger charge is 2.08. The number of hydrogen-bond acceptors (Lipinski definition) is 7. The van der Waals surface area contributed by atoms with Gasteiger partial charge >= 0.3 is 0 Å². The third-order valence-corrected chi connectivity index (χ3v) is 6.55. The molecule has 2 aromatic heterocycles. The fourth-order valence-corrected chi connectivity index (χ4v) is 4.76. The van der Waals surface area contributed by atoms with Crippen LogP contribution < -0.4 is 5.32 Å². The van der Waals surface area contributed by atoms with Gasteiger partial charge in [-0.3, -0.25) is 4.79 Å². The number of carbonyl (C=O) groups excluding carboxylic acids is 1. The largest absolute Gasteiger partial charge is 0.325 e. The van der Waals surface area contributed by atoms with E-state index in [9.17, 15) is 4.79 Å². The van der Waals surface area contributed by atoms with Gasteiger partial charge in [0.1, 0.15) is 10.5 Å². The topological polar surface area (TPSA) is 67.8 Å². The Morgan fingerprint density at radius 3 is 2.81 bits per heavy atom. The highest BCUT2D eigenvalue weighted by atomic mass is 32.2. The van der Waals surface area contributed by atoms with E-state index in [1.54, 1.807) is 16.8 Å². The van der Waals surface area contributed by atoms with E-state index >= 15 is 0 Å². The molecule has 0 aliphatic heterocycles. The number of nitrogens with zero attached hydrogens (tertiary/aromatic N) is 3. The normalized spacial score (nSPS) is 11.0. The van der Waals surface area contributed by atoms with Crippen LogP contribution >= 0.6 is 34.4 Å². The number of benzene rings is 2. The monoisotopic (exact) mass is 398 g/mol. The first-order chi connectivity index (χ1) is 12.7. The molecule has 0 spiro atoms. The third kappa shape index (κ3) is 3.92. The quantitative estimate of drug-likeness (QED) is 0.487. The van der Waals surface area contributed by atoms with Crippen LogP contribution in [-0.2, 0) is 4.79 Å². The Morgan fingerprint density at radius 2 is 2.04 bits per heavy atom. The Hall–Kier alpha value is -2.29. The molecule has 8 heteroatoms. The van der Waals surface area contributed by atoms with Crippen molar-refractivity contribution in [2.24, 2.45) is 0 Å². The van der Waals surface area contributed by atoms with Crippen LogP contribution in [0.15, 0.2) is 52.3 Å². The lowest BCUT2D eigenvalue weighted by Gasteiger charge is -2.05. The van der Waals surface area contributed by atoms with E-state index in [4.69, 9.17) is 0 Å². The lowest BCUT2D eigenvalue weighted by molar-refractivity contribution is -0.113. The summed E-state index contributed by atoms with van der Waals surface area (Å²) < 4.78 is 1.98. The zero-order chi connectivity index (χ0) is 17.9. The number of hydrogen-bond donors (Lipinski definition) is 1. The molecule has 1 amide bonds. The molecule has 0 aliphatic rings. The zero-order valence-corrected chi connectivity index (χ0v) is 16.3. The van der Waals surface area contributed by atoms with E-state index in [1.165, 1.54) is 33.4 Å². The van der Waals surface area contributed by atoms with Gasteiger partial charge in [0.25, 0.3) is 0 Å². The van der Waals surface area contributed by atoms with Crippen LogP contribution in [0.3, 0.4) is 0 Å². The van der Waals surface area contributed by atoms with Crippen molar-refractivity contribution in [3.05, 3.63) is 53.5 Å². The predicted molar refractivity (Wildman–Crippen MR) is 109 cm³/mol. The van der Waals surface area contributed by atoms with Crippen LogP contribution in [0.1, 0.15) is 5.56 Å². The van der Waals surface area contributed by atoms with E-state index in [2.05, 4.69) is 45.6 Å². The summed E-state index contributed by atoms with van der Waals surface area (Å²) in [5.74, 6) is 0.252. The lowest BCUT2D eigenvalue weighted by atomic mass is 10.2. The summed E-state index contributed by atoms with van der Waals surface area (Å²) in [5, 5.41) is 11.5. The Kier molecular flexibility index (Phi) is 4.96. The van der Waals surface area contributed by atoms with Gasteiger partial charge in [-0.15, -0.1) is 21.5 Å². The second kappa shape index (κ2) is 7.53. The van der Waals surface area contributed by atoms with Crippen LogP contribution in [0.4, 0.5) is 5.69 Å².